The summed E-state index contributed by atoms with van der Waals surface area (Å²) in [5.41, 5.74) is 2.72. The fourth-order valence-corrected chi connectivity index (χ4v) is 2.51. The number of pyridine rings is 1. The van der Waals surface area contributed by atoms with Crippen LogP contribution in [0, 0.1) is 12.7 Å². The molecule has 5 nitrogen and oxygen atoms in total. The molecule has 0 amide bonds. The number of nitrogens with zero attached hydrogens (tertiary/aromatic N) is 3. The predicted molar refractivity (Wildman–Crippen MR) is 96.3 cm³/mol. The molecule has 0 unspecified atom stereocenters. The minimum atomic E-state index is -0.250. The van der Waals surface area contributed by atoms with Gasteiger partial charge in [-0.2, -0.15) is 4.98 Å². The van der Waals surface area contributed by atoms with Crippen molar-refractivity contribution in [2.75, 3.05) is 10.6 Å². The molecular weight excluding hydrogens is 317 g/mol. The largest absolute Gasteiger partial charge is 0.351 e. The third-order valence-electron chi connectivity index (χ3n) is 4.09. The van der Waals surface area contributed by atoms with Crippen molar-refractivity contribution >= 4 is 17.5 Å². The van der Waals surface area contributed by atoms with Gasteiger partial charge in [0, 0.05) is 29.6 Å². The lowest BCUT2D eigenvalue weighted by Gasteiger charge is -2.12. The zero-order valence-corrected chi connectivity index (χ0v) is 13.8. The monoisotopic (exact) mass is 335 g/mol. The molecule has 3 aromatic rings. The summed E-state index contributed by atoms with van der Waals surface area (Å²) in [6.45, 7) is 1.74. The third-order valence-corrected chi connectivity index (χ3v) is 4.09. The van der Waals surface area contributed by atoms with Crippen molar-refractivity contribution in [3.8, 4) is 11.4 Å². The van der Waals surface area contributed by atoms with E-state index in [0.717, 1.165) is 24.2 Å². The first-order valence-electron chi connectivity index (χ1n) is 8.28. The van der Waals surface area contributed by atoms with Crippen LogP contribution in [0.4, 0.5) is 21.8 Å². The average molecular weight is 335 g/mol. The van der Waals surface area contributed by atoms with Gasteiger partial charge in [0.2, 0.25) is 5.95 Å². The Bertz CT molecular complexity index is 894. The molecule has 1 aliphatic carbocycles. The molecule has 0 atom stereocenters. The van der Waals surface area contributed by atoms with Gasteiger partial charge in [0.1, 0.15) is 11.6 Å². The zero-order valence-electron chi connectivity index (χ0n) is 13.8. The predicted octanol–water partition coefficient (Wildman–Crippen LogP) is 4.30. The molecule has 1 fully saturated rings. The molecule has 1 aromatic carbocycles. The van der Waals surface area contributed by atoms with Crippen LogP contribution < -0.4 is 10.6 Å². The van der Waals surface area contributed by atoms with E-state index >= 15 is 0 Å². The van der Waals surface area contributed by atoms with E-state index in [1.54, 1.807) is 19.2 Å². The number of benzene rings is 1. The number of halogens is 1. The van der Waals surface area contributed by atoms with Gasteiger partial charge in [-0.05, 0) is 44.0 Å². The van der Waals surface area contributed by atoms with Crippen molar-refractivity contribution in [3.63, 3.8) is 0 Å². The Morgan fingerprint density at radius 2 is 1.92 bits per heavy atom. The van der Waals surface area contributed by atoms with Crippen molar-refractivity contribution in [2.24, 2.45) is 0 Å². The highest BCUT2D eigenvalue weighted by Crippen LogP contribution is 2.28. The first-order chi connectivity index (χ1) is 12.2. The maximum Gasteiger partial charge on any atom is 0.225 e. The molecule has 0 spiro atoms. The van der Waals surface area contributed by atoms with Gasteiger partial charge in [-0.3, -0.25) is 4.98 Å². The molecule has 2 heterocycles. The van der Waals surface area contributed by atoms with Gasteiger partial charge in [-0.25, -0.2) is 9.37 Å². The quantitative estimate of drug-likeness (QED) is 0.728. The van der Waals surface area contributed by atoms with Gasteiger partial charge >= 0.3 is 0 Å². The Hall–Kier alpha value is -3.02. The molecule has 6 heteroatoms. The number of anilines is 3. The topological polar surface area (TPSA) is 62.7 Å². The summed E-state index contributed by atoms with van der Waals surface area (Å²) in [5.74, 6) is 0.912. The first kappa shape index (κ1) is 15.5. The molecule has 25 heavy (non-hydrogen) atoms. The number of hydrogen-bond donors (Lipinski definition) is 2. The van der Waals surface area contributed by atoms with Crippen molar-refractivity contribution in [1.29, 1.82) is 0 Å². The second-order valence-corrected chi connectivity index (χ2v) is 6.13. The molecule has 0 saturated heterocycles. The van der Waals surface area contributed by atoms with Crippen LogP contribution in [0.3, 0.4) is 0 Å². The number of aromatic nitrogens is 3. The van der Waals surface area contributed by atoms with E-state index < -0.39 is 0 Å². The lowest BCUT2D eigenvalue weighted by Crippen LogP contribution is -2.08. The van der Waals surface area contributed by atoms with Crippen LogP contribution in [0.5, 0.6) is 0 Å². The van der Waals surface area contributed by atoms with E-state index in [-0.39, 0.29) is 5.82 Å². The van der Waals surface area contributed by atoms with Gasteiger partial charge in [0.25, 0.3) is 0 Å². The molecular formula is C19H18FN5. The lowest BCUT2D eigenvalue weighted by atomic mass is 10.2. The van der Waals surface area contributed by atoms with Crippen LogP contribution in [-0.2, 0) is 0 Å². The Morgan fingerprint density at radius 1 is 1.04 bits per heavy atom. The Balaban J connectivity index is 1.71. The van der Waals surface area contributed by atoms with Gasteiger partial charge in [0.15, 0.2) is 0 Å². The second-order valence-electron chi connectivity index (χ2n) is 6.13. The standard InChI is InChI=1S/C19H18FN5/c1-12-14(20)5-4-7-15(12)23-18-11-17(16-6-2-3-10-21-16)24-19(25-18)22-13-8-9-13/h2-7,10-11,13H,8-9H2,1H3,(H2,22,23,24,25). The van der Waals surface area contributed by atoms with E-state index in [9.17, 15) is 4.39 Å². The highest BCUT2D eigenvalue weighted by atomic mass is 19.1. The van der Waals surface area contributed by atoms with E-state index in [0.29, 0.717) is 29.1 Å². The molecule has 1 saturated carbocycles. The summed E-state index contributed by atoms with van der Waals surface area (Å²) in [7, 11) is 0. The van der Waals surface area contributed by atoms with Crippen molar-refractivity contribution in [2.45, 2.75) is 25.8 Å². The molecule has 0 bridgehead atoms. The molecule has 1 aliphatic rings. The number of nitrogens with one attached hydrogen (secondary N) is 2. The van der Waals surface area contributed by atoms with Crippen LogP contribution in [-0.4, -0.2) is 21.0 Å². The van der Waals surface area contributed by atoms with Gasteiger partial charge in [0.05, 0.1) is 11.4 Å². The summed E-state index contributed by atoms with van der Waals surface area (Å²) in [6, 6.07) is 12.9. The molecule has 4 rings (SSSR count). The Kier molecular flexibility index (Phi) is 4.01. The zero-order chi connectivity index (χ0) is 17.2. The highest BCUT2D eigenvalue weighted by Gasteiger charge is 2.22. The van der Waals surface area contributed by atoms with E-state index in [2.05, 4.69) is 25.6 Å². The van der Waals surface area contributed by atoms with E-state index in [1.165, 1.54) is 6.07 Å². The average Bonchev–Trinajstić information content (AvgIpc) is 3.43. The van der Waals surface area contributed by atoms with Crippen LogP contribution in [0.25, 0.3) is 11.4 Å². The summed E-state index contributed by atoms with van der Waals surface area (Å²) in [6.07, 6.45) is 3.99. The van der Waals surface area contributed by atoms with Gasteiger partial charge in [-0.15, -0.1) is 0 Å². The normalized spacial score (nSPS) is 13.5. The highest BCUT2D eigenvalue weighted by molar-refractivity contribution is 5.67. The molecule has 0 radical (unpaired) electrons. The van der Waals surface area contributed by atoms with E-state index in [1.807, 2.05) is 30.3 Å². The summed E-state index contributed by atoms with van der Waals surface area (Å²) >= 11 is 0. The van der Waals surface area contributed by atoms with Crippen molar-refractivity contribution in [1.82, 2.24) is 15.0 Å². The van der Waals surface area contributed by atoms with Gasteiger partial charge in [-0.1, -0.05) is 12.1 Å². The smallest absolute Gasteiger partial charge is 0.225 e. The fraction of sp³-hybridized carbons (Fsp3) is 0.211. The summed E-state index contributed by atoms with van der Waals surface area (Å²) in [4.78, 5) is 13.4. The summed E-state index contributed by atoms with van der Waals surface area (Å²) in [5, 5.41) is 6.51. The van der Waals surface area contributed by atoms with E-state index in [4.69, 9.17) is 0 Å². The lowest BCUT2D eigenvalue weighted by molar-refractivity contribution is 0.619. The van der Waals surface area contributed by atoms with Crippen molar-refractivity contribution in [3.05, 3.63) is 60.0 Å². The first-order valence-corrected chi connectivity index (χ1v) is 8.28. The van der Waals surface area contributed by atoms with Crippen LogP contribution >= 0.6 is 0 Å². The second kappa shape index (κ2) is 6.47. The molecule has 0 aliphatic heterocycles. The minimum absolute atomic E-state index is 0.250. The third kappa shape index (κ3) is 3.57. The molecule has 126 valence electrons. The SMILES string of the molecule is Cc1c(F)cccc1Nc1cc(-c2ccccn2)nc(NC2CC2)n1. The maximum absolute atomic E-state index is 13.8. The fourth-order valence-electron chi connectivity index (χ4n) is 2.51. The van der Waals surface area contributed by atoms with Crippen LogP contribution in [0.15, 0.2) is 48.7 Å². The minimum Gasteiger partial charge on any atom is -0.351 e. The van der Waals surface area contributed by atoms with Crippen LogP contribution in [0.1, 0.15) is 18.4 Å². The van der Waals surface area contributed by atoms with Gasteiger partial charge < -0.3 is 10.6 Å². The number of rotatable bonds is 5. The maximum atomic E-state index is 13.8. The van der Waals surface area contributed by atoms with Crippen LogP contribution in [0.2, 0.25) is 0 Å². The van der Waals surface area contributed by atoms with Crippen molar-refractivity contribution < 1.29 is 4.39 Å². The number of hydrogen-bond acceptors (Lipinski definition) is 5. The molecule has 2 N–H and O–H groups in total. The summed E-state index contributed by atoms with van der Waals surface area (Å²) < 4.78 is 13.8. The Morgan fingerprint density at radius 3 is 2.68 bits per heavy atom. The Labute approximate surface area is 145 Å². The molecule has 2 aromatic heterocycles.